The molecular formula is C25H24N6O3. The van der Waals surface area contributed by atoms with E-state index < -0.39 is 0 Å². The van der Waals surface area contributed by atoms with Gasteiger partial charge in [0.25, 0.3) is 5.56 Å². The Kier molecular flexibility index (Phi) is 5.95. The Morgan fingerprint density at radius 1 is 1.29 bits per heavy atom. The van der Waals surface area contributed by atoms with Gasteiger partial charge in [-0.05, 0) is 43.0 Å². The third-order valence-electron chi connectivity index (χ3n) is 6.34. The molecule has 1 aromatic carbocycles. The number of hydrogen-bond acceptors (Lipinski definition) is 6. The van der Waals surface area contributed by atoms with Crippen LogP contribution in [-0.2, 0) is 6.42 Å². The number of benzene rings is 1. The third-order valence-corrected chi connectivity index (χ3v) is 6.34. The lowest BCUT2D eigenvalue weighted by atomic mass is 9.91. The van der Waals surface area contributed by atoms with E-state index in [1.54, 1.807) is 6.20 Å². The summed E-state index contributed by atoms with van der Waals surface area (Å²) in [6.07, 6.45) is 8.92. The summed E-state index contributed by atoms with van der Waals surface area (Å²) < 4.78 is 6.93. The molecule has 172 valence electrons. The first-order valence-corrected chi connectivity index (χ1v) is 11.4. The number of hydrogen-bond donors (Lipinski definition) is 2. The van der Waals surface area contributed by atoms with Gasteiger partial charge in [0.2, 0.25) is 6.04 Å². The van der Waals surface area contributed by atoms with Crippen molar-refractivity contribution in [3.05, 3.63) is 82.2 Å². The fraction of sp³-hybridized carbons (Fsp3) is 0.320. The van der Waals surface area contributed by atoms with E-state index >= 15 is 0 Å². The molecule has 0 aliphatic heterocycles. The lowest BCUT2D eigenvalue weighted by Crippen LogP contribution is -2.26. The zero-order valence-electron chi connectivity index (χ0n) is 18.5. The second kappa shape index (κ2) is 9.35. The molecule has 9 nitrogen and oxygen atoms in total. The van der Waals surface area contributed by atoms with Gasteiger partial charge in [0.1, 0.15) is 11.4 Å². The van der Waals surface area contributed by atoms with E-state index in [9.17, 15) is 9.59 Å². The van der Waals surface area contributed by atoms with Crippen LogP contribution in [0.4, 0.5) is 11.5 Å². The molecule has 1 saturated carbocycles. The van der Waals surface area contributed by atoms with E-state index in [4.69, 9.17) is 16.1 Å². The highest BCUT2D eigenvalue weighted by Gasteiger charge is 2.33. The van der Waals surface area contributed by atoms with Crippen LogP contribution in [0.15, 0.2) is 58.3 Å². The number of nitrogens with zero attached hydrogens (tertiary/aromatic N) is 4. The number of H-pyrrole nitrogens is 1. The average molecular weight is 457 g/mol. The molecule has 1 fully saturated rings. The maximum Gasteiger partial charge on any atom is 0.261 e. The number of carbonyl (C=O) groups excluding carboxylic acids is 1. The summed E-state index contributed by atoms with van der Waals surface area (Å²) in [6, 6.07) is 9.33. The third kappa shape index (κ3) is 4.22. The molecule has 0 unspecified atom stereocenters. The molecule has 1 aliphatic carbocycles. The number of aromatic nitrogens is 4. The minimum absolute atomic E-state index is 0.0560. The summed E-state index contributed by atoms with van der Waals surface area (Å²) in [4.78, 5) is 35.3. The van der Waals surface area contributed by atoms with Crippen LogP contribution in [-0.4, -0.2) is 31.6 Å². The van der Waals surface area contributed by atoms with Gasteiger partial charge in [0.05, 0.1) is 11.7 Å². The number of anilines is 2. The van der Waals surface area contributed by atoms with Gasteiger partial charge in [0, 0.05) is 24.7 Å². The number of carbonyl (C=O) groups is 1. The molecule has 34 heavy (non-hydrogen) atoms. The van der Waals surface area contributed by atoms with Crippen molar-refractivity contribution in [1.29, 1.82) is 0 Å². The monoisotopic (exact) mass is 456 g/mol. The highest BCUT2D eigenvalue weighted by atomic mass is 16.3. The summed E-state index contributed by atoms with van der Waals surface area (Å²) in [5, 5.41) is 8.54. The zero-order valence-corrected chi connectivity index (χ0v) is 18.5. The topological polar surface area (TPSA) is 110 Å². The average Bonchev–Trinajstić information content (AvgIpc) is 3.52. The summed E-state index contributed by atoms with van der Waals surface area (Å²) in [5.74, 6) is 0.612. The smallest absolute Gasteiger partial charge is 0.261 e. The van der Waals surface area contributed by atoms with Crippen molar-refractivity contribution in [3.8, 4) is 0 Å². The van der Waals surface area contributed by atoms with Crippen molar-refractivity contribution < 1.29 is 9.21 Å². The first-order chi connectivity index (χ1) is 16.6. The molecule has 0 spiro atoms. The van der Waals surface area contributed by atoms with E-state index in [1.165, 1.54) is 12.6 Å². The van der Waals surface area contributed by atoms with Gasteiger partial charge in [0.15, 0.2) is 23.8 Å². The fourth-order valence-electron chi connectivity index (χ4n) is 4.64. The normalized spacial score (nSPS) is 18.0. The lowest BCUT2D eigenvalue weighted by molar-refractivity contribution is 0.0956. The van der Waals surface area contributed by atoms with Gasteiger partial charge in [-0.1, -0.05) is 18.6 Å². The largest absolute Gasteiger partial charge is 0.440 e. The van der Waals surface area contributed by atoms with Gasteiger partial charge in [-0.2, -0.15) is 5.10 Å². The Labute approximate surface area is 195 Å². The second-order valence-electron chi connectivity index (χ2n) is 8.52. The van der Waals surface area contributed by atoms with Crippen LogP contribution in [0.1, 0.15) is 54.3 Å². The molecule has 0 radical (unpaired) electrons. The van der Waals surface area contributed by atoms with Crippen LogP contribution in [0.2, 0.25) is 0 Å². The summed E-state index contributed by atoms with van der Waals surface area (Å²) in [6.45, 7) is 7.62. The molecule has 2 atom stereocenters. The van der Waals surface area contributed by atoms with Crippen molar-refractivity contribution in [2.24, 2.45) is 0 Å². The van der Waals surface area contributed by atoms with Crippen LogP contribution in [0.25, 0.3) is 15.7 Å². The van der Waals surface area contributed by atoms with E-state index in [0.29, 0.717) is 24.0 Å². The molecule has 3 aromatic heterocycles. The molecule has 1 aliphatic rings. The zero-order chi connectivity index (χ0) is 23.5. The highest BCUT2D eigenvalue weighted by molar-refractivity contribution is 5.93. The number of Topliss-reactive ketones (excluding diaryl/α,β-unsaturated/α-hetero) is 1. The number of nitrogens with one attached hydrogen (secondary N) is 2. The number of aromatic amines is 1. The molecule has 0 saturated heterocycles. The van der Waals surface area contributed by atoms with Crippen LogP contribution in [0.5, 0.6) is 0 Å². The molecular weight excluding hydrogens is 432 g/mol. The SMILES string of the molecule is [C-]#[N+][C@@H]1CCCC[C@H]1n1nc(Nc2cccc(CCC(=O)c3cnco3)c2)c2c(=O)[nH]ccc21. The van der Waals surface area contributed by atoms with Gasteiger partial charge >= 0.3 is 0 Å². The number of pyridine rings is 1. The van der Waals surface area contributed by atoms with Crippen LogP contribution in [0, 0.1) is 6.57 Å². The Morgan fingerprint density at radius 2 is 2.18 bits per heavy atom. The molecule has 9 heteroatoms. The minimum Gasteiger partial charge on any atom is -0.440 e. The summed E-state index contributed by atoms with van der Waals surface area (Å²) in [5.41, 5.74) is 2.23. The van der Waals surface area contributed by atoms with E-state index in [1.807, 2.05) is 35.0 Å². The van der Waals surface area contributed by atoms with Crippen LogP contribution < -0.4 is 10.9 Å². The van der Waals surface area contributed by atoms with Gasteiger partial charge in [-0.3, -0.25) is 14.3 Å². The Bertz CT molecular complexity index is 1410. The van der Waals surface area contributed by atoms with Crippen molar-refractivity contribution >= 4 is 28.2 Å². The van der Waals surface area contributed by atoms with Gasteiger partial charge in [-0.25, -0.2) is 11.6 Å². The van der Waals surface area contributed by atoms with Crippen molar-refractivity contribution in [2.45, 2.75) is 50.6 Å². The Balaban J connectivity index is 1.42. The first kappa shape index (κ1) is 21.6. The van der Waals surface area contributed by atoms with E-state index in [0.717, 1.165) is 42.5 Å². The standard InChI is InChI=1S/C25H24N6O3/c1-26-18-7-2-3-8-19(18)31-20-11-12-28-25(33)23(20)24(30-31)29-17-6-4-5-16(13-17)9-10-21(32)22-14-27-15-34-22/h4-6,11-15,18-19H,2-3,7-10H2,(H,28,33)(H,29,30)/t18-,19-/m1/s1. The van der Waals surface area contributed by atoms with Crippen molar-refractivity contribution in [2.75, 3.05) is 5.32 Å². The van der Waals surface area contributed by atoms with Gasteiger partial charge in [-0.15, -0.1) is 0 Å². The Hall–Kier alpha value is -4.19. The quantitative estimate of drug-likeness (QED) is 0.309. The summed E-state index contributed by atoms with van der Waals surface area (Å²) in [7, 11) is 0. The predicted octanol–water partition coefficient (Wildman–Crippen LogP) is 4.67. The number of rotatable bonds is 7. The summed E-state index contributed by atoms with van der Waals surface area (Å²) >= 11 is 0. The molecule has 5 rings (SSSR count). The lowest BCUT2D eigenvalue weighted by Gasteiger charge is -2.24. The number of aryl methyl sites for hydroxylation is 1. The van der Waals surface area contributed by atoms with E-state index in [2.05, 4.69) is 20.1 Å². The molecule has 0 bridgehead atoms. The fourth-order valence-corrected chi connectivity index (χ4v) is 4.64. The maximum absolute atomic E-state index is 12.7. The van der Waals surface area contributed by atoms with Gasteiger partial charge < -0.3 is 19.6 Å². The minimum atomic E-state index is -0.227. The molecule has 4 aromatic rings. The Morgan fingerprint density at radius 3 is 3.00 bits per heavy atom. The number of ketones is 1. The molecule has 0 amide bonds. The molecule has 2 N–H and O–H groups in total. The van der Waals surface area contributed by atoms with Crippen molar-refractivity contribution in [1.82, 2.24) is 19.7 Å². The molecule has 3 heterocycles. The first-order valence-electron chi connectivity index (χ1n) is 11.4. The van der Waals surface area contributed by atoms with Crippen LogP contribution in [0.3, 0.4) is 0 Å². The van der Waals surface area contributed by atoms with Crippen LogP contribution >= 0.6 is 0 Å². The number of fused-ring (bicyclic) bond motifs is 1. The predicted molar refractivity (Wildman–Crippen MR) is 127 cm³/mol. The van der Waals surface area contributed by atoms with E-state index in [-0.39, 0.29) is 29.2 Å². The number of oxazole rings is 1. The second-order valence-corrected chi connectivity index (χ2v) is 8.52. The van der Waals surface area contributed by atoms with Crippen molar-refractivity contribution in [3.63, 3.8) is 0 Å². The maximum atomic E-state index is 12.7. The highest BCUT2D eigenvalue weighted by Crippen LogP contribution is 2.34.